The number of esters is 5. The lowest BCUT2D eigenvalue weighted by Crippen LogP contribution is -2.46. The Bertz CT molecular complexity index is 663. The van der Waals surface area contributed by atoms with Gasteiger partial charge in [-0.1, -0.05) is 34.6 Å². The first-order valence-electron chi connectivity index (χ1n) is 12.5. The van der Waals surface area contributed by atoms with Crippen molar-refractivity contribution in [2.75, 3.05) is 52.9 Å². The molecule has 0 rings (SSSR count). The maximum absolute atomic E-state index is 11.9. The van der Waals surface area contributed by atoms with E-state index in [1.165, 1.54) is 0 Å². The van der Waals surface area contributed by atoms with Crippen molar-refractivity contribution in [3.63, 3.8) is 0 Å². The topological polar surface area (TPSA) is 161 Å². The Morgan fingerprint density at radius 1 is 0.459 bits per heavy atom. The van der Waals surface area contributed by atoms with Crippen LogP contribution in [0.25, 0.3) is 0 Å². The highest BCUT2D eigenvalue weighted by Gasteiger charge is 2.39. The van der Waals surface area contributed by atoms with Crippen molar-refractivity contribution < 1.29 is 57.5 Å². The summed E-state index contributed by atoms with van der Waals surface area (Å²) in [7, 11) is 0. The third-order valence-corrected chi connectivity index (χ3v) is 5.29. The minimum atomic E-state index is -1.29. The van der Waals surface area contributed by atoms with Crippen LogP contribution in [0.1, 0.15) is 66.7 Å². The first-order chi connectivity index (χ1) is 17.5. The molecule has 0 saturated heterocycles. The maximum atomic E-state index is 11.9. The van der Waals surface area contributed by atoms with Crippen molar-refractivity contribution in [3.8, 4) is 0 Å². The van der Waals surface area contributed by atoms with E-state index < -0.39 is 47.3 Å². The highest BCUT2D eigenvalue weighted by atomic mass is 16.6. The zero-order valence-electron chi connectivity index (χ0n) is 22.6. The predicted octanol–water partition coefficient (Wildman–Crippen LogP) is 1.73. The van der Waals surface area contributed by atoms with Gasteiger partial charge in [0.15, 0.2) is 0 Å². The number of hydrogen-bond acceptors (Lipinski definition) is 12. The molecule has 0 atom stereocenters. The van der Waals surface area contributed by atoms with Crippen LogP contribution in [0.2, 0.25) is 0 Å². The molecule has 0 aromatic rings. The first kappa shape index (κ1) is 34.3. The van der Waals surface area contributed by atoms with Crippen LogP contribution in [0, 0.1) is 10.8 Å². The van der Waals surface area contributed by atoms with E-state index in [9.17, 15) is 29.1 Å². The predicted molar refractivity (Wildman–Crippen MR) is 129 cm³/mol. The average Bonchev–Trinajstić information content (AvgIpc) is 2.93. The van der Waals surface area contributed by atoms with Gasteiger partial charge in [-0.05, 0) is 0 Å². The van der Waals surface area contributed by atoms with Crippen molar-refractivity contribution in [3.05, 3.63) is 0 Å². The molecule has 1 N–H and O–H groups in total. The number of rotatable bonds is 20. The molecule has 37 heavy (non-hydrogen) atoms. The highest BCUT2D eigenvalue weighted by Crippen LogP contribution is 2.25. The molecule has 0 saturated carbocycles. The molecule has 0 aliphatic rings. The third kappa shape index (κ3) is 14.0. The summed E-state index contributed by atoms with van der Waals surface area (Å²) >= 11 is 0. The van der Waals surface area contributed by atoms with Crippen molar-refractivity contribution >= 4 is 29.8 Å². The Morgan fingerprint density at radius 2 is 0.703 bits per heavy atom. The van der Waals surface area contributed by atoms with E-state index in [4.69, 9.17) is 28.4 Å². The van der Waals surface area contributed by atoms with Gasteiger partial charge < -0.3 is 33.5 Å². The molecule has 0 bridgehead atoms. The zero-order valence-corrected chi connectivity index (χ0v) is 22.6. The second kappa shape index (κ2) is 18.5. The molecule has 12 heteroatoms. The number of carbonyl (C=O) groups is 5. The fourth-order valence-corrected chi connectivity index (χ4v) is 2.67. The quantitative estimate of drug-likeness (QED) is 0.178. The second-order valence-electron chi connectivity index (χ2n) is 8.72. The van der Waals surface area contributed by atoms with Crippen LogP contribution in [0.4, 0.5) is 0 Å². The van der Waals surface area contributed by atoms with E-state index in [0.717, 1.165) is 0 Å². The van der Waals surface area contributed by atoms with Crippen molar-refractivity contribution in [2.45, 2.75) is 66.7 Å². The summed E-state index contributed by atoms with van der Waals surface area (Å²) in [5, 5.41) is 10.1. The average molecular weight is 535 g/mol. The summed E-state index contributed by atoms with van der Waals surface area (Å²) in [4.78, 5) is 59.1. The van der Waals surface area contributed by atoms with Gasteiger partial charge in [0.25, 0.3) is 0 Å². The lowest BCUT2D eigenvalue weighted by atomic mass is 9.90. The number of aliphatic hydroxyl groups excluding tert-OH is 1. The van der Waals surface area contributed by atoms with Crippen molar-refractivity contribution in [1.29, 1.82) is 0 Å². The van der Waals surface area contributed by atoms with Gasteiger partial charge in [-0.15, -0.1) is 0 Å². The molecule has 12 nitrogen and oxygen atoms in total. The van der Waals surface area contributed by atoms with Crippen LogP contribution in [0.3, 0.4) is 0 Å². The van der Waals surface area contributed by atoms with Gasteiger partial charge in [-0.2, -0.15) is 0 Å². The molecule has 0 spiro atoms. The van der Waals surface area contributed by atoms with Crippen molar-refractivity contribution in [1.82, 2.24) is 0 Å². The largest absolute Gasteiger partial charge is 0.465 e. The van der Waals surface area contributed by atoms with E-state index in [1.54, 1.807) is 34.6 Å². The summed E-state index contributed by atoms with van der Waals surface area (Å²) in [5.74, 6) is -2.58. The normalized spacial score (nSPS) is 11.4. The minimum absolute atomic E-state index is 0.0969. The van der Waals surface area contributed by atoms with E-state index >= 15 is 0 Å². The smallest absolute Gasteiger partial charge is 0.305 e. The van der Waals surface area contributed by atoms with E-state index in [0.29, 0.717) is 0 Å². The van der Waals surface area contributed by atoms with Crippen LogP contribution in [0.5, 0.6) is 0 Å². The summed E-state index contributed by atoms with van der Waals surface area (Å²) in [5.41, 5.74) is -2.55. The van der Waals surface area contributed by atoms with Gasteiger partial charge in [0.05, 0.1) is 30.7 Å². The highest BCUT2D eigenvalue weighted by molar-refractivity contribution is 5.70. The zero-order chi connectivity index (χ0) is 28.3. The van der Waals surface area contributed by atoms with Crippen molar-refractivity contribution in [2.24, 2.45) is 10.8 Å². The summed E-state index contributed by atoms with van der Waals surface area (Å²) < 4.78 is 32.2. The van der Waals surface area contributed by atoms with Crippen LogP contribution in [-0.2, 0) is 52.4 Å². The Balaban J connectivity index is 5.84. The van der Waals surface area contributed by atoms with Gasteiger partial charge in [0.1, 0.15) is 33.0 Å². The lowest BCUT2D eigenvalue weighted by molar-refractivity contribution is -0.172. The molecular formula is C25H42O12. The Hall–Kier alpha value is -2.73. The van der Waals surface area contributed by atoms with Crippen LogP contribution in [-0.4, -0.2) is 87.8 Å². The maximum Gasteiger partial charge on any atom is 0.305 e. The monoisotopic (exact) mass is 534 g/mol. The van der Waals surface area contributed by atoms with Gasteiger partial charge >= 0.3 is 29.8 Å². The molecular weight excluding hydrogens is 492 g/mol. The number of hydrogen-bond donors (Lipinski definition) is 1. The Labute approximate surface area is 218 Å². The van der Waals surface area contributed by atoms with E-state index in [1.807, 2.05) is 0 Å². The fourth-order valence-electron chi connectivity index (χ4n) is 2.67. The Kier molecular flexibility index (Phi) is 17.1. The van der Waals surface area contributed by atoms with Crippen LogP contribution in [0.15, 0.2) is 0 Å². The summed E-state index contributed by atoms with van der Waals surface area (Å²) in [6, 6.07) is 0. The molecule has 0 aromatic carbocycles. The number of ether oxygens (including phenoxy) is 6. The van der Waals surface area contributed by atoms with Crippen LogP contribution >= 0.6 is 0 Å². The van der Waals surface area contributed by atoms with Gasteiger partial charge in [-0.25, -0.2) is 0 Å². The molecule has 0 unspecified atom stereocenters. The van der Waals surface area contributed by atoms with E-state index in [-0.39, 0.29) is 78.4 Å². The molecule has 0 radical (unpaired) electrons. The molecule has 0 fully saturated rings. The van der Waals surface area contributed by atoms with Gasteiger partial charge in [-0.3, -0.25) is 24.0 Å². The molecule has 0 aliphatic carbocycles. The molecule has 214 valence electrons. The third-order valence-electron chi connectivity index (χ3n) is 5.29. The fraction of sp³-hybridized carbons (Fsp3) is 0.800. The summed E-state index contributed by atoms with van der Waals surface area (Å²) in [6.07, 6.45) is 0.502. The Morgan fingerprint density at radius 3 is 0.946 bits per heavy atom. The number of carbonyl (C=O) groups excluding carboxylic acids is 5. The van der Waals surface area contributed by atoms with Gasteiger partial charge in [0.2, 0.25) is 0 Å². The number of aliphatic hydroxyl groups is 1. The van der Waals surface area contributed by atoms with E-state index in [2.05, 4.69) is 0 Å². The molecule has 0 heterocycles. The molecule has 0 amide bonds. The standard InChI is InChI=1S/C25H42O12/c1-6-19(27)33-14-24(11-26,15-34-20(28)7-2)12-32-13-25(16-35-21(29)8-3,17-36-22(30)9-4)18-37-23(31)10-5/h26H,6-18H2,1-5H3. The lowest BCUT2D eigenvalue weighted by Gasteiger charge is -2.35. The SMILES string of the molecule is CCC(=O)OCC(CO)(COCC(COC(=O)CC)(COC(=O)CC)COC(=O)CC)COC(=O)CC. The molecule has 0 aliphatic heterocycles. The van der Waals surface area contributed by atoms with Gasteiger partial charge in [0, 0.05) is 32.1 Å². The minimum Gasteiger partial charge on any atom is -0.465 e. The second-order valence-corrected chi connectivity index (χ2v) is 8.72. The van der Waals surface area contributed by atoms with Crippen LogP contribution < -0.4 is 0 Å². The summed E-state index contributed by atoms with van der Waals surface area (Å²) in [6.45, 7) is 5.59. The molecule has 0 aromatic heterocycles. The first-order valence-corrected chi connectivity index (χ1v) is 12.5.